The smallest absolute Gasteiger partial charge is 0.264 e. The van der Waals surface area contributed by atoms with Crippen LogP contribution in [0.5, 0.6) is 11.5 Å². The molecule has 0 fully saturated rings. The van der Waals surface area contributed by atoms with E-state index < -0.39 is 0 Å². The Morgan fingerprint density at radius 2 is 1.96 bits per heavy atom. The largest absolute Gasteiger partial charge is 0.496 e. The number of halogens is 2. The van der Waals surface area contributed by atoms with Crippen molar-refractivity contribution < 1.29 is 14.3 Å². The summed E-state index contributed by atoms with van der Waals surface area (Å²) in [4.78, 5) is 12.0. The van der Waals surface area contributed by atoms with Crippen LogP contribution in [-0.4, -0.2) is 29.8 Å². The Morgan fingerprint density at radius 1 is 1.15 bits per heavy atom. The lowest BCUT2D eigenvalue weighted by Gasteiger charge is -2.07. The lowest BCUT2D eigenvalue weighted by molar-refractivity contribution is -0.118. The molecule has 9 heteroatoms. The van der Waals surface area contributed by atoms with E-state index in [1.54, 1.807) is 25.3 Å². The molecule has 0 atom stereocenters. The van der Waals surface area contributed by atoms with Gasteiger partial charge in [0.25, 0.3) is 5.91 Å². The fourth-order valence-electron chi connectivity index (χ4n) is 2.28. The summed E-state index contributed by atoms with van der Waals surface area (Å²) in [6, 6.07) is 12.5. The molecule has 1 heterocycles. The normalized spacial score (nSPS) is 10.5. The maximum Gasteiger partial charge on any atom is 0.264 e. The third-order valence-electron chi connectivity index (χ3n) is 3.50. The van der Waals surface area contributed by atoms with Crippen LogP contribution in [0.1, 0.15) is 10.6 Å². The third-order valence-corrected chi connectivity index (χ3v) is 4.87. The standard InChI is InChI=1S/C18H15Cl2N3O3S/c1-25-14-5-3-2-4-11(14)8-17-22-23-18(27-17)21-16(24)10-26-15-7-6-12(19)9-13(15)20/h2-7,9H,8,10H2,1H3,(H,21,23,24). The van der Waals surface area contributed by atoms with Gasteiger partial charge in [0.15, 0.2) is 6.61 Å². The molecule has 6 nitrogen and oxygen atoms in total. The number of methoxy groups -OCH3 is 1. The number of hydrogen-bond acceptors (Lipinski definition) is 6. The summed E-state index contributed by atoms with van der Waals surface area (Å²) in [6.07, 6.45) is 0.564. The first kappa shape index (κ1) is 19.4. The molecule has 27 heavy (non-hydrogen) atoms. The van der Waals surface area contributed by atoms with E-state index in [0.717, 1.165) is 16.3 Å². The highest BCUT2D eigenvalue weighted by atomic mass is 35.5. The molecule has 0 saturated carbocycles. The van der Waals surface area contributed by atoms with Crippen LogP contribution >= 0.6 is 34.5 Å². The van der Waals surface area contributed by atoms with E-state index in [1.165, 1.54) is 11.3 Å². The van der Waals surface area contributed by atoms with Crippen molar-refractivity contribution in [3.05, 3.63) is 63.1 Å². The average Bonchev–Trinajstić information content (AvgIpc) is 3.08. The van der Waals surface area contributed by atoms with Crippen molar-refractivity contribution in [1.29, 1.82) is 0 Å². The van der Waals surface area contributed by atoms with E-state index in [1.807, 2.05) is 24.3 Å². The van der Waals surface area contributed by atoms with Crippen molar-refractivity contribution in [1.82, 2.24) is 10.2 Å². The molecule has 0 unspecified atom stereocenters. The van der Waals surface area contributed by atoms with Crippen LogP contribution in [0.3, 0.4) is 0 Å². The minimum absolute atomic E-state index is 0.206. The summed E-state index contributed by atoms with van der Waals surface area (Å²) in [6.45, 7) is -0.206. The first-order valence-corrected chi connectivity index (χ1v) is 9.44. The van der Waals surface area contributed by atoms with Crippen LogP contribution in [-0.2, 0) is 11.2 Å². The number of carbonyl (C=O) groups is 1. The number of carbonyl (C=O) groups excluding carboxylic acids is 1. The van der Waals surface area contributed by atoms with Crippen molar-refractivity contribution in [3.63, 3.8) is 0 Å². The van der Waals surface area contributed by atoms with Gasteiger partial charge in [-0.3, -0.25) is 10.1 Å². The number of nitrogens with one attached hydrogen (secondary N) is 1. The van der Waals surface area contributed by atoms with E-state index in [0.29, 0.717) is 27.3 Å². The minimum Gasteiger partial charge on any atom is -0.496 e. The molecule has 0 aliphatic rings. The molecule has 0 radical (unpaired) electrons. The summed E-state index contributed by atoms with van der Waals surface area (Å²) in [7, 11) is 1.62. The van der Waals surface area contributed by atoms with Crippen molar-refractivity contribution >= 4 is 45.6 Å². The number of rotatable bonds is 7. The van der Waals surface area contributed by atoms with Crippen LogP contribution < -0.4 is 14.8 Å². The van der Waals surface area contributed by atoms with Gasteiger partial charge in [0.1, 0.15) is 16.5 Å². The molecule has 0 spiro atoms. The van der Waals surface area contributed by atoms with Gasteiger partial charge in [0.2, 0.25) is 5.13 Å². The van der Waals surface area contributed by atoms with E-state index in [-0.39, 0.29) is 12.5 Å². The summed E-state index contributed by atoms with van der Waals surface area (Å²) in [5, 5.41) is 12.7. The van der Waals surface area contributed by atoms with Gasteiger partial charge in [0, 0.05) is 17.0 Å². The van der Waals surface area contributed by atoms with Crippen molar-refractivity contribution in [2.24, 2.45) is 0 Å². The molecule has 140 valence electrons. The van der Waals surface area contributed by atoms with Crippen molar-refractivity contribution in [2.75, 3.05) is 19.0 Å². The minimum atomic E-state index is -0.360. The van der Waals surface area contributed by atoms with Crippen LogP contribution in [0, 0.1) is 0 Å². The number of benzene rings is 2. The van der Waals surface area contributed by atoms with Gasteiger partial charge in [-0.25, -0.2) is 0 Å². The number of amides is 1. The number of ether oxygens (including phenoxy) is 2. The molecule has 0 bridgehead atoms. The second-order valence-corrected chi connectivity index (χ2v) is 7.31. The highest BCUT2D eigenvalue weighted by Gasteiger charge is 2.12. The number of hydrogen-bond donors (Lipinski definition) is 1. The van der Waals surface area contributed by atoms with Crippen molar-refractivity contribution in [3.8, 4) is 11.5 Å². The van der Waals surface area contributed by atoms with E-state index in [9.17, 15) is 4.79 Å². The molecule has 2 aromatic carbocycles. The second-order valence-electron chi connectivity index (χ2n) is 5.40. The molecule has 3 aromatic rings. The summed E-state index contributed by atoms with van der Waals surface area (Å²) < 4.78 is 10.7. The van der Waals surface area contributed by atoms with Crippen LogP contribution in [0.15, 0.2) is 42.5 Å². The maximum atomic E-state index is 12.0. The summed E-state index contributed by atoms with van der Waals surface area (Å²) in [5.41, 5.74) is 0.995. The van der Waals surface area contributed by atoms with Gasteiger partial charge in [-0.05, 0) is 24.3 Å². The van der Waals surface area contributed by atoms with Gasteiger partial charge < -0.3 is 9.47 Å². The van der Waals surface area contributed by atoms with Crippen molar-refractivity contribution in [2.45, 2.75) is 6.42 Å². The molecule has 1 amide bonds. The third kappa shape index (κ3) is 5.32. The van der Waals surface area contributed by atoms with E-state index in [4.69, 9.17) is 32.7 Å². The van der Waals surface area contributed by atoms with Gasteiger partial charge in [0.05, 0.1) is 12.1 Å². The first-order valence-electron chi connectivity index (χ1n) is 7.87. The zero-order chi connectivity index (χ0) is 19.2. The Bertz CT molecular complexity index is 949. The molecule has 0 aliphatic heterocycles. The van der Waals surface area contributed by atoms with Crippen LogP contribution in [0.4, 0.5) is 5.13 Å². The maximum absolute atomic E-state index is 12.0. The number of nitrogens with zero attached hydrogens (tertiary/aromatic N) is 2. The summed E-state index contributed by atoms with van der Waals surface area (Å²) in [5.74, 6) is 0.804. The quantitative estimate of drug-likeness (QED) is 0.606. The Morgan fingerprint density at radius 3 is 2.74 bits per heavy atom. The van der Waals surface area contributed by atoms with E-state index >= 15 is 0 Å². The Hall–Kier alpha value is -2.35. The lowest BCUT2D eigenvalue weighted by atomic mass is 10.1. The molecular formula is C18H15Cl2N3O3S. The average molecular weight is 424 g/mol. The Balaban J connectivity index is 1.56. The monoisotopic (exact) mass is 423 g/mol. The fraction of sp³-hybridized carbons (Fsp3) is 0.167. The van der Waals surface area contributed by atoms with Gasteiger partial charge in [-0.2, -0.15) is 0 Å². The van der Waals surface area contributed by atoms with Crippen LogP contribution in [0.25, 0.3) is 0 Å². The summed E-state index contributed by atoms with van der Waals surface area (Å²) >= 11 is 13.1. The Labute approximate surface area is 170 Å². The van der Waals surface area contributed by atoms with Gasteiger partial charge >= 0.3 is 0 Å². The number of para-hydroxylation sites is 1. The van der Waals surface area contributed by atoms with Crippen LogP contribution in [0.2, 0.25) is 10.0 Å². The van der Waals surface area contributed by atoms with Gasteiger partial charge in [-0.15, -0.1) is 10.2 Å². The highest BCUT2D eigenvalue weighted by molar-refractivity contribution is 7.15. The zero-order valence-electron chi connectivity index (χ0n) is 14.2. The molecule has 1 N–H and O–H groups in total. The van der Waals surface area contributed by atoms with Gasteiger partial charge in [-0.1, -0.05) is 52.7 Å². The number of aromatic nitrogens is 2. The highest BCUT2D eigenvalue weighted by Crippen LogP contribution is 2.27. The molecular weight excluding hydrogens is 409 g/mol. The second kappa shape index (κ2) is 9.03. The Kier molecular flexibility index (Phi) is 6.49. The molecule has 1 aromatic heterocycles. The lowest BCUT2D eigenvalue weighted by Crippen LogP contribution is -2.20. The zero-order valence-corrected chi connectivity index (χ0v) is 16.6. The first-order chi connectivity index (χ1) is 13.0. The molecule has 0 saturated heterocycles. The predicted octanol–water partition coefficient (Wildman–Crippen LogP) is 4.46. The SMILES string of the molecule is COc1ccccc1Cc1nnc(NC(=O)COc2ccc(Cl)cc2Cl)s1. The molecule has 3 rings (SSSR count). The fourth-order valence-corrected chi connectivity index (χ4v) is 3.52. The van der Waals surface area contributed by atoms with E-state index in [2.05, 4.69) is 15.5 Å². The predicted molar refractivity (Wildman–Crippen MR) is 106 cm³/mol. The topological polar surface area (TPSA) is 73.3 Å². The number of anilines is 1. The molecule has 0 aliphatic carbocycles.